The monoisotopic (exact) mass is 470 g/mol. The number of nitrogens with zero attached hydrogens (tertiary/aromatic N) is 4. The molecule has 0 unspecified atom stereocenters. The topological polar surface area (TPSA) is 83.0 Å². The number of benzene rings is 3. The average Bonchev–Trinajstić information content (AvgIpc) is 3.31. The summed E-state index contributed by atoms with van der Waals surface area (Å²) in [5, 5.41) is 5.24. The van der Waals surface area contributed by atoms with Gasteiger partial charge in [0.15, 0.2) is 5.16 Å². The van der Waals surface area contributed by atoms with Crippen molar-refractivity contribution < 1.29 is 9.26 Å². The van der Waals surface area contributed by atoms with E-state index < -0.39 is 0 Å². The van der Waals surface area contributed by atoms with Crippen molar-refractivity contribution in [1.82, 2.24) is 19.7 Å². The van der Waals surface area contributed by atoms with Crippen molar-refractivity contribution in [3.05, 3.63) is 94.1 Å². The predicted octanol–water partition coefficient (Wildman–Crippen LogP) is 5.35. The quantitative estimate of drug-likeness (QED) is 0.244. The van der Waals surface area contributed by atoms with Crippen LogP contribution in [0, 0.1) is 13.8 Å². The highest BCUT2D eigenvalue weighted by Gasteiger charge is 2.17. The van der Waals surface area contributed by atoms with Crippen molar-refractivity contribution in [1.29, 1.82) is 0 Å². The molecule has 5 rings (SSSR count). The Balaban J connectivity index is 1.53. The number of thioether (sulfide) groups is 1. The molecule has 0 aliphatic carbocycles. The van der Waals surface area contributed by atoms with Crippen LogP contribution in [-0.4, -0.2) is 26.8 Å². The molecule has 0 aliphatic heterocycles. The van der Waals surface area contributed by atoms with E-state index in [1.807, 2.05) is 68.4 Å². The molecule has 0 spiro atoms. The fraction of sp³-hybridized carbons (Fsp3) is 0.154. The Labute approximate surface area is 200 Å². The van der Waals surface area contributed by atoms with E-state index in [1.165, 1.54) is 11.8 Å². The van der Waals surface area contributed by atoms with Gasteiger partial charge in [0.2, 0.25) is 11.7 Å². The molecule has 34 heavy (non-hydrogen) atoms. The molecule has 0 saturated carbocycles. The van der Waals surface area contributed by atoms with Crippen LogP contribution >= 0.6 is 11.8 Å². The van der Waals surface area contributed by atoms with E-state index in [2.05, 4.69) is 16.2 Å². The zero-order valence-corrected chi connectivity index (χ0v) is 19.8. The Morgan fingerprint density at radius 1 is 0.971 bits per heavy atom. The van der Waals surface area contributed by atoms with E-state index in [9.17, 15) is 4.79 Å². The van der Waals surface area contributed by atoms with Crippen molar-refractivity contribution in [2.24, 2.45) is 0 Å². The van der Waals surface area contributed by atoms with E-state index in [0.717, 1.165) is 22.4 Å². The van der Waals surface area contributed by atoms with Gasteiger partial charge >= 0.3 is 0 Å². The Morgan fingerprint density at radius 2 is 1.71 bits per heavy atom. The van der Waals surface area contributed by atoms with Gasteiger partial charge in [-0.05, 0) is 61.4 Å². The number of fused-ring (bicyclic) bond motifs is 1. The van der Waals surface area contributed by atoms with Crippen molar-refractivity contribution >= 4 is 22.7 Å². The van der Waals surface area contributed by atoms with Gasteiger partial charge in [-0.2, -0.15) is 4.98 Å². The molecule has 0 bridgehead atoms. The van der Waals surface area contributed by atoms with Gasteiger partial charge in [-0.1, -0.05) is 47.3 Å². The first kappa shape index (κ1) is 21.9. The molecule has 7 nitrogen and oxygen atoms in total. The predicted molar refractivity (Wildman–Crippen MR) is 133 cm³/mol. The maximum atomic E-state index is 13.5. The summed E-state index contributed by atoms with van der Waals surface area (Å²) in [6, 6.07) is 20.9. The van der Waals surface area contributed by atoms with E-state index in [4.69, 9.17) is 14.2 Å². The molecule has 3 aromatic carbocycles. The summed E-state index contributed by atoms with van der Waals surface area (Å²) in [7, 11) is 1.60. The zero-order valence-electron chi connectivity index (χ0n) is 19.0. The first-order valence-corrected chi connectivity index (χ1v) is 11.7. The third-order valence-electron chi connectivity index (χ3n) is 5.35. The van der Waals surface area contributed by atoms with Crippen LogP contribution in [0.1, 0.15) is 17.0 Å². The molecule has 8 heteroatoms. The third-order valence-corrected chi connectivity index (χ3v) is 6.27. The average molecular weight is 471 g/mol. The van der Waals surface area contributed by atoms with E-state index in [-0.39, 0.29) is 5.56 Å². The largest absolute Gasteiger partial charge is 0.496 e. The Kier molecular flexibility index (Phi) is 5.90. The lowest BCUT2D eigenvalue weighted by Crippen LogP contribution is -2.22. The van der Waals surface area contributed by atoms with Crippen LogP contribution in [-0.2, 0) is 5.75 Å². The van der Waals surface area contributed by atoms with Crippen LogP contribution in [0.3, 0.4) is 0 Å². The van der Waals surface area contributed by atoms with Gasteiger partial charge < -0.3 is 9.26 Å². The molecule has 0 aliphatic rings. The first-order chi connectivity index (χ1) is 16.5. The van der Waals surface area contributed by atoms with Gasteiger partial charge in [0, 0.05) is 0 Å². The molecule has 0 radical (unpaired) electrons. The standard InChI is InChI=1S/C26H22N4O3S/c1-16-12-17(2)14-18(13-16)30-25(31)19-8-4-6-10-21(19)27-26(30)34-15-23-28-24(29-33-23)20-9-5-7-11-22(20)32-3/h4-14H,15H2,1-3H3. The van der Waals surface area contributed by atoms with Gasteiger partial charge in [-0.15, -0.1) is 0 Å². The van der Waals surface area contributed by atoms with Crippen LogP contribution < -0.4 is 10.3 Å². The zero-order chi connectivity index (χ0) is 23.7. The van der Waals surface area contributed by atoms with Crippen LogP contribution in [0.15, 0.2) is 81.2 Å². The summed E-state index contributed by atoms with van der Waals surface area (Å²) < 4.78 is 12.5. The molecule has 170 valence electrons. The molecule has 2 aromatic heterocycles. The highest BCUT2D eigenvalue weighted by molar-refractivity contribution is 7.98. The van der Waals surface area contributed by atoms with Crippen LogP contribution in [0.2, 0.25) is 0 Å². The Bertz CT molecular complexity index is 1540. The molecule has 0 fully saturated rings. The molecule has 0 N–H and O–H groups in total. The number of aromatic nitrogens is 4. The Morgan fingerprint density at radius 3 is 2.50 bits per heavy atom. The highest BCUT2D eigenvalue weighted by atomic mass is 32.2. The Hall–Kier alpha value is -3.91. The molecule has 0 atom stereocenters. The maximum Gasteiger partial charge on any atom is 0.266 e. The first-order valence-electron chi connectivity index (χ1n) is 10.7. The highest BCUT2D eigenvalue weighted by Crippen LogP contribution is 2.29. The number of methoxy groups -OCH3 is 1. The van der Waals surface area contributed by atoms with E-state index in [0.29, 0.717) is 39.3 Å². The third kappa shape index (κ3) is 4.20. The number of aryl methyl sites for hydroxylation is 2. The smallest absolute Gasteiger partial charge is 0.266 e. The summed E-state index contributed by atoms with van der Waals surface area (Å²) in [5.74, 6) is 1.91. The minimum atomic E-state index is -0.113. The van der Waals surface area contributed by atoms with E-state index >= 15 is 0 Å². The summed E-state index contributed by atoms with van der Waals surface area (Å²) in [6.45, 7) is 4.03. The van der Waals surface area contributed by atoms with Gasteiger partial charge in [0.05, 0.1) is 35.0 Å². The molecule has 0 amide bonds. The molecular weight excluding hydrogens is 448 g/mol. The normalized spacial score (nSPS) is 11.1. The number of hydrogen-bond acceptors (Lipinski definition) is 7. The number of ether oxygens (including phenoxy) is 1. The van der Waals surface area contributed by atoms with Crippen molar-refractivity contribution in [2.75, 3.05) is 7.11 Å². The summed E-state index contributed by atoms with van der Waals surface area (Å²) in [4.78, 5) is 22.8. The maximum absolute atomic E-state index is 13.5. The number of para-hydroxylation sites is 2. The van der Waals surface area contributed by atoms with Gasteiger partial charge in [-0.3, -0.25) is 9.36 Å². The summed E-state index contributed by atoms with van der Waals surface area (Å²) >= 11 is 1.38. The molecule has 5 aromatic rings. The van der Waals surface area contributed by atoms with Crippen LogP contribution in [0.25, 0.3) is 28.0 Å². The lowest BCUT2D eigenvalue weighted by atomic mass is 10.1. The number of rotatable bonds is 6. The molecular formula is C26H22N4O3S. The fourth-order valence-electron chi connectivity index (χ4n) is 3.90. The summed E-state index contributed by atoms with van der Waals surface area (Å²) in [6.07, 6.45) is 0. The molecule has 2 heterocycles. The second kappa shape index (κ2) is 9.15. The van der Waals surface area contributed by atoms with Gasteiger partial charge in [0.1, 0.15) is 5.75 Å². The second-order valence-corrected chi connectivity index (χ2v) is 8.84. The van der Waals surface area contributed by atoms with Crippen LogP contribution in [0.4, 0.5) is 0 Å². The lowest BCUT2D eigenvalue weighted by Gasteiger charge is -2.14. The molecule has 0 saturated heterocycles. The number of hydrogen-bond donors (Lipinski definition) is 0. The van der Waals surface area contributed by atoms with Crippen LogP contribution in [0.5, 0.6) is 5.75 Å². The van der Waals surface area contributed by atoms with Gasteiger partial charge in [0.25, 0.3) is 5.56 Å². The van der Waals surface area contributed by atoms with Crippen molar-refractivity contribution in [3.8, 4) is 22.8 Å². The second-order valence-electron chi connectivity index (χ2n) is 7.90. The fourth-order valence-corrected chi connectivity index (χ4v) is 4.75. The van der Waals surface area contributed by atoms with Crippen molar-refractivity contribution in [3.63, 3.8) is 0 Å². The lowest BCUT2D eigenvalue weighted by molar-refractivity contribution is 0.390. The minimum Gasteiger partial charge on any atom is -0.496 e. The van der Waals surface area contributed by atoms with E-state index in [1.54, 1.807) is 17.7 Å². The van der Waals surface area contributed by atoms with Crippen molar-refractivity contribution in [2.45, 2.75) is 24.8 Å². The minimum absolute atomic E-state index is 0.113. The summed E-state index contributed by atoms with van der Waals surface area (Å²) in [5.41, 5.74) is 4.22. The van der Waals surface area contributed by atoms with Gasteiger partial charge in [-0.25, -0.2) is 4.98 Å². The SMILES string of the molecule is COc1ccccc1-c1noc(CSc2nc3ccccc3c(=O)n2-c2cc(C)cc(C)c2)n1.